The zero-order valence-electron chi connectivity index (χ0n) is 14.7. The maximum absolute atomic E-state index is 11.8. The van der Waals surface area contributed by atoms with Crippen LogP contribution in [0.15, 0.2) is 24.4 Å². The Morgan fingerprint density at radius 3 is 2.62 bits per heavy atom. The number of hydrogen-bond acceptors (Lipinski definition) is 4. The second kappa shape index (κ2) is 6.95. The highest BCUT2D eigenvalue weighted by Gasteiger charge is 2.18. The summed E-state index contributed by atoms with van der Waals surface area (Å²) >= 11 is 0. The van der Waals surface area contributed by atoms with E-state index in [1.807, 2.05) is 40.0 Å². The number of aromatic amines is 1. The summed E-state index contributed by atoms with van der Waals surface area (Å²) in [6.07, 6.45) is 2.11. The molecule has 1 aromatic carbocycles. The molecule has 2 aromatic rings. The first-order valence-electron chi connectivity index (χ1n) is 7.87. The first-order chi connectivity index (χ1) is 11.2. The van der Waals surface area contributed by atoms with Crippen molar-refractivity contribution < 1.29 is 19.1 Å². The predicted octanol–water partition coefficient (Wildman–Crippen LogP) is 3.41. The number of benzene rings is 1. The van der Waals surface area contributed by atoms with E-state index in [9.17, 15) is 9.59 Å². The summed E-state index contributed by atoms with van der Waals surface area (Å²) < 4.78 is 9.99. The molecule has 0 fully saturated rings. The molecule has 0 saturated heterocycles. The van der Waals surface area contributed by atoms with Gasteiger partial charge >= 0.3 is 12.1 Å². The number of carbonyl (C=O) groups is 2. The van der Waals surface area contributed by atoms with Crippen LogP contribution in [-0.2, 0) is 15.9 Å². The maximum atomic E-state index is 11.8. The lowest BCUT2D eigenvalue weighted by Gasteiger charge is -2.21. The number of ether oxygens (including phenoxy) is 2. The van der Waals surface area contributed by atoms with Gasteiger partial charge in [0.2, 0.25) is 0 Å². The van der Waals surface area contributed by atoms with Gasteiger partial charge < -0.3 is 19.8 Å². The van der Waals surface area contributed by atoms with Gasteiger partial charge in [0.25, 0.3) is 0 Å². The molecule has 6 nitrogen and oxygen atoms in total. The fraction of sp³-hybridized carbons (Fsp3) is 0.444. The molecule has 2 rings (SSSR count). The number of aromatic nitrogens is 1. The minimum Gasteiger partial charge on any atom is -0.465 e. The Labute approximate surface area is 141 Å². The van der Waals surface area contributed by atoms with Gasteiger partial charge in [0.1, 0.15) is 5.60 Å². The molecule has 0 unspecified atom stereocenters. The van der Waals surface area contributed by atoms with E-state index in [0.717, 1.165) is 16.5 Å². The van der Waals surface area contributed by atoms with Crippen molar-refractivity contribution in [2.24, 2.45) is 0 Å². The summed E-state index contributed by atoms with van der Waals surface area (Å²) in [5, 5.41) is 3.84. The smallest absolute Gasteiger partial charge is 0.407 e. The predicted molar refractivity (Wildman–Crippen MR) is 92.2 cm³/mol. The Morgan fingerprint density at radius 1 is 1.29 bits per heavy atom. The van der Waals surface area contributed by atoms with Gasteiger partial charge in [0.15, 0.2) is 0 Å². The van der Waals surface area contributed by atoms with Crippen LogP contribution in [0.2, 0.25) is 0 Å². The molecule has 130 valence electrons. The summed E-state index contributed by atoms with van der Waals surface area (Å²) in [4.78, 5) is 26.6. The molecule has 2 N–H and O–H groups in total. The number of methoxy groups -OCH3 is 1. The number of H-pyrrole nitrogens is 1. The number of rotatable bonds is 4. The van der Waals surface area contributed by atoms with Gasteiger partial charge in [-0.1, -0.05) is 6.07 Å². The summed E-state index contributed by atoms with van der Waals surface area (Å²) in [6, 6.07) is 5.29. The van der Waals surface area contributed by atoms with E-state index in [-0.39, 0.29) is 12.0 Å². The van der Waals surface area contributed by atoms with E-state index in [0.29, 0.717) is 12.0 Å². The van der Waals surface area contributed by atoms with Crippen LogP contribution in [0.4, 0.5) is 4.79 Å². The molecule has 0 aliphatic carbocycles. The third kappa shape index (κ3) is 4.50. The topological polar surface area (TPSA) is 80.4 Å². The first kappa shape index (κ1) is 17.8. The van der Waals surface area contributed by atoms with Crippen LogP contribution in [-0.4, -0.2) is 35.8 Å². The van der Waals surface area contributed by atoms with Crippen LogP contribution in [0.5, 0.6) is 0 Å². The maximum Gasteiger partial charge on any atom is 0.407 e. The van der Waals surface area contributed by atoms with Crippen molar-refractivity contribution in [3.05, 3.63) is 35.5 Å². The number of carbonyl (C=O) groups excluding carboxylic acids is 2. The van der Waals surface area contributed by atoms with E-state index in [1.54, 1.807) is 12.1 Å². The van der Waals surface area contributed by atoms with E-state index in [2.05, 4.69) is 10.3 Å². The Kier molecular flexibility index (Phi) is 5.17. The van der Waals surface area contributed by atoms with Crippen molar-refractivity contribution in [3.63, 3.8) is 0 Å². The zero-order valence-corrected chi connectivity index (χ0v) is 14.7. The van der Waals surface area contributed by atoms with Gasteiger partial charge in [-0.05, 0) is 51.8 Å². The zero-order chi connectivity index (χ0) is 17.9. The van der Waals surface area contributed by atoms with Gasteiger partial charge in [-0.2, -0.15) is 0 Å². The third-order valence-corrected chi connectivity index (χ3v) is 3.48. The molecule has 0 aliphatic heterocycles. The minimum absolute atomic E-state index is 0.0841. The molecule has 24 heavy (non-hydrogen) atoms. The normalized spacial score (nSPS) is 12.7. The highest BCUT2D eigenvalue weighted by Crippen LogP contribution is 2.21. The standard InChI is InChI=1S/C18H24N2O4/c1-11(20-17(22)24-18(2,3)4)8-13-10-19-15-9-12(16(21)23-5)6-7-14(13)15/h6-7,9-11,19H,8H2,1-5H3,(H,20,22)/t11-/m1/s1. The fourth-order valence-corrected chi connectivity index (χ4v) is 2.49. The average Bonchev–Trinajstić information content (AvgIpc) is 2.86. The van der Waals surface area contributed by atoms with Crippen LogP contribution in [0.3, 0.4) is 0 Å². The quantitative estimate of drug-likeness (QED) is 0.841. The third-order valence-electron chi connectivity index (χ3n) is 3.48. The molecule has 1 atom stereocenters. The number of amides is 1. The molecular formula is C18H24N2O4. The Bertz CT molecular complexity index is 743. The van der Waals surface area contributed by atoms with Crippen LogP contribution in [0, 0.1) is 0 Å². The highest BCUT2D eigenvalue weighted by molar-refractivity contribution is 5.95. The van der Waals surface area contributed by atoms with Gasteiger partial charge in [-0.3, -0.25) is 0 Å². The average molecular weight is 332 g/mol. The number of alkyl carbamates (subject to hydrolysis) is 1. The lowest BCUT2D eigenvalue weighted by Crippen LogP contribution is -2.38. The lowest BCUT2D eigenvalue weighted by molar-refractivity contribution is 0.0507. The van der Waals surface area contributed by atoms with Crippen molar-refractivity contribution >= 4 is 23.0 Å². The van der Waals surface area contributed by atoms with E-state index >= 15 is 0 Å². The minimum atomic E-state index is -0.519. The highest BCUT2D eigenvalue weighted by atomic mass is 16.6. The number of esters is 1. The van der Waals surface area contributed by atoms with E-state index < -0.39 is 11.7 Å². The molecule has 0 spiro atoms. The van der Waals surface area contributed by atoms with Crippen molar-refractivity contribution in [2.45, 2.75) is 45.8 Å². The lowest BCUT2D eigenvalue weighted by atomic mass is 10.0. The van der Waals surface area contributed by atoms with Crippen molar-refractivity contribution in [1.29, 1.82) is 0 Å². The number of nitrogens with one attached hydrogen (secondary N) is 2. The van der Waals surface area contributed by atoms with Crippen LogP contribution < -0.4 is 5.32 Å². The van der Waals surface area contributed by atoms with Gasteiger partial charge in [-0.15, -0.1) is 0 Å². The van der Waals surface area contributed by atoms with E-state index in [4.69, 9.17) is 9.47 Å². The second-order valence-corrected chi connectivity index (χ2v) is 6.82. The van der Waals surface area contributed by atoms with Gasteiger partial charge in [0.05, 0.1) is 12.7 Å². The Hall–Kier alpha value is -2.50. The molecule has 0 radical (unpaired) electrons. The van der Waals surface area contributed by atoms with Crippen molar-refractivity contribution in [1.82, 2.24) is 10.3 Å². The van der Waals surface area contributed by atoms with Gasteiger partial charge in [0, 0.05) is 23.1 Å². The van der Waals surface area contributed by atoms with Crippen molar-refractivity contribution in [2.75, 3.05) is 7.11 Å². The molecule has 6 heteroatoms. The SMILES string of the molecule is COC(=O)c1ccc2c(C[C@@H](C)NC(=O)OC(C)(C)C)c[nH]c2c1. The molecule has 1 aromatic heterocycles. The molecule has 0 bridgehead atoms. The number of fused-ring (bicyclic) bond motifs is 1. The first-order valence-corrected chi connectivity index (χ1v) is 7.87. The summed E-state index contributed by atoms with van der Waals surface area (Å²) in [5.74, 6) is -0.368. The summed E-state index contributed by atoms with van der Waals surface area (Å²) in [7, 11) is 1.36. The molecule has 1 amide bonds. The largest absolute Gasteiger partial charge is 0.465 e. The summed E-state index contributed by atoms with van der Waals surface area (Å²) in [5.41, 5.74) is 1.90. The Balaban J connectivity index is 2.07. The fourth-order valence-electron chi connectivity index (χ4n) is 2.49. The monoisotopic (exact) mass is 332 g/mol. The van der Waals surface area contributed by atoms with Gasteiger partial charge in [-0.25, -0.2) is 9.59 Å². The second-order valence-electron chi connectivity index (χ2n) is 6.82. The molecule has 0 aliphatic rings. The molecular weight excluding hydrogens is 308 g/mol. The van der Waals surface area contributed by atoms with E-state index in [1.165, 1.54) is 7.11 Å². The van der Waals surface area contributed by atoms with Crippen LogP contribution in [0.1, 0.15) is 43.6 Å². The Morgan fingerprint density at radius 2 is 2.00 bits per heavy atom. The van der Waals surface area contributed by atoms with Crippen molar-refractivity contribution in [3.8, 4) is 0 Å². The molecule has 1 heterocycles. The summed E-state index contributed by atoms with van der Waals surface area (Å²) in [6.45, 7) is 7.41. The molecule has 0 saturated carbocycles. The number of hydrogen-bond donors (Lipinski definition) is 2. The van der Waals surface area contributed by atoms with Crippen LogP contribution >= 0.6 is 0 Å². The van der Waals surface area contributed by atoms with Crippen LogP contribution in [0.25, 0.3) is 10.9 Å².